The highest BCUT2D eigenvalue weighted by molar-refractivity contribution is 5.84. The number of pyridine rings is 1. The highest BCUT2D eigenvalue weighted by Gasteiger charge is 2.31. The number of hydrogen-bond acceptors (Lipinski definition) is 4. The van der Waals surface area contributed by atoms with Crippen LogP contribution in [-0.4, -0.2) is 34.3 Å². The lowest BCUT2D eigenvalue weighted by Crippen LogP contribution is -2.27. The molecule has 0 bridgehead atoms. The van der Waals surface area contributed by atoms with Gasteiger partial charge in [0.1, 0.15) is 5.82 Å². The molecule has 2 aliphatic rings. The molecule has 5 rings (SSSR count). The minimum Gasteiger partial charge on any atom is -0.359 e. The Hall–Kier alpha value is -3.29. The van der Waals surface area contributed by atoms with E-state index in [-0.39, 0.29) is 17.4 Å². The van der Waals surface area contributed by atoms with Crippen LogP contribution in [0.1, 0.15) is 47.6 Å². The molecule has 0 saturated carbocycles. The van der Waals surface area contributed by atoms with Crippen molar-refractivity contribution in [2.75, 3.05) is 18.5 Å². The smallest absolute Gasteiger partial charge is 0.264 e. The summed E-state index contributed by atoms with van der Waals surface area (Å²) < 4.78 is 29.8. The molecule has 1 aromatic carbocycles. The number of nitrogens with one attached hydrogen (secondary N) is 1. The number of halogens is 2. The van der Waals surface area contributed by atoms with Crippen LogP contribution in [0.15, 0.2) is 36.7 Å². The molecule has 1 amide bonds. The average molecular weight is 437 g/mol. The summed E-state index contributed by atoms with van der Waals surface area (Å²) in [5, 5.41) is 6.87. The second kappa shape index (κ2) is 8.00. The fraction of sp³-hybridized carbons (Fsp3) is 0.375. The van der Waals surface area contributed by atoms with Crippen molar-refractivity contribution in [1.29, 1.82) is 0 Å². The van der Waals surface area contributed by atoms with Gasteiger partial charge in [-0.1, -0.05) is 6.07 Å². The molecule has 0 fully saturated rings. The molecule has 3 aromatic rings. The van der Waals surface area contributed by atoms with E-state index in [0.717, 1.165) is 48.2 Å². The first kappa shape index (κ1) is 20.6. The molecule has 32 heavy (non-hydrogen) atoms. The van der Waals surface area contributed by atoms with Gasteiger partial charge in [0.05, 0.1) is 17.8 Å². The number of aryl methyl sites for hydroxylation is 3. The van der Waals surface area contributed by atoms with Crippen molar-refractivity contribution in [3.05, 3.63) is 59.0 Å². The second-order valence-corrected chi connectivity index (χ2v) is 8.45. The maximum atomic E-state index is 14.1. The molecule has 0 unspecified atom stereocenters. The van der Waals surface area contributed by atoms with E-state index in [0.29, 0.717) is 23.5 Å². The molecule has 3 heterocycles. The summed E-state index contributed by atoms with van der Waals surface area (Å²) in [6.07, 6.45) is 4.04. The molecule has 2 aromatic heterocycles. The average Bonchev–Trinajstić information content (AvgIpc) is 3.43. The maximum absolute atomic E-state index is 14.1. The van der Waals surface area contributed by atoms with Crippen LogP contribution in [-0.2, 0) is 24.7 Å². The molecular weight excluding hydrogens is 412 g/mol. The summed E-state index contributed by atoms with van der Waals surface area (Å²) in [6, 6.07) is 7.44. The van der Waals surface area contributed by atoms with E-state index >= 15 is 0 Å². The Morgan fingerprint density at radius 1 is 1.22 bits per heavy atom. The predicted octanol–water partition coefficient (Wildman–Crippen LogP) is 4.28. The van der Waals surface area contributed by atoms with Crippen molar-refractivity contribution >= 4 is 17.4 Å². The van der Waals surface area contributed by atoms with Gasteiger partial charge in [0.2, 0.25) is 5.91 Å². The molecule has 166 valence electrons. The summed E-state index contributed by atoms with van der Waals surface area (Å²) in [5.74, 6) is 0.409. The molecule has 0 spiro atoms. The van der Waals surface area contributed by atoms with Crippen molar-refractivity contribution in [3.63, 3.8) is 0 Å². The number of alkyl halides is 2. The van der Waals surface area contributed by atoms with E-state index in [9.17, 15) is 13.6 Å². The topological polar surface area (TPSA) is 63.1 Å². The Labute approximate surface area is 185 Å². The van der Waals surface area contributed by atoms with Gasteiger partial charge in [0.15, 0.2) is 0 Å². The molecule has 1 aliphatic heterocycles. The summed E-state index contributed by atoms with van der Waals surface area (Å²) in [7, 11) is 3.41. The van der Waals surface area contributed by atoms with Crippen molar-refractivity contribution in [2.45, 2.75) is 38.0 Å². The largest absolute Gasteiger partial charge is 0.359 e. The van der Waals surface area contributed by atoms with Crippen LogP contribution in [0.5, 0.6) is 0 Å². The molecule has 0 radical (unpaired) electrons. The van der Waals surface area contributed by atoms with Crippen LogP contribution < -0.4 is 10.2 Å². The Morgan fingerprint density at radius 2 is 2.06 bits per heavy atom. The number of benzene rings is 1. The third kappa shape index (κ3) is 3.43. The summed E-state index contributed by atoms with van der Waals surface area (Å²) in [5.41, 5.74) is 4.87. The summed E-state index contributed by atoms with van der Waals surface area (Å²) in [6.45, 7) is 0.693. The van der Waals surface area contributed by atoms with Crippen LogP contribution in [0.2, 0.25) is 0 Å². The van der Waals surface area contributed by atoms with Crippen LogP contribution >= 0.6 is 0 Å². The van der Waals surface area contributed by atoms with Gasteiger partial charge in [-0.3, -0.25) is 9.48 Å². The number of anilines is 2. The molecule has 8 heteroatoms. The Bertz CT molecular complexity index is 1190. The monoisotopic (exact) mass is 437 g/mol. The lowest BCUT2D eigenvalue weighted by molar-refractivity contribution is -0.122. The zero-order valence-corrected chi connectivity index (χ0v) is 18.1. The third-order valence-corrected chi connectivity index (χ3v) is 6.49. The molecule has 1 N–H and O–H groups in total. The van der Waals surface area contributed by atoms with Crippen molar-refractivity contribution in [1.82, 2.24) is 20.1 Å². The van der Waals surface area contributed by atoms with Gasteiger partial charge in [0, 0.05) is 43.7 Å². The third-order valence-electron chi connectivity index (χ3n) is 6.49. The zero-order chi connectivity index (χ0) is 22.4. The van der Waals surface area contributed by atoms with E-state index < -0.39 is 6.43 Å². The summed E-state index contributed by atoms with van der Waals surface area (Å²) in [4.78, 5) is 19.2. The first-order chi connectivity index (χ1) is 15.5. The lowest BCUT2D eigenvalue weighted by Gasteiger charge is -2.32. The zero-order valence-electron chi connectivity index (χ0n) is 18.1. The van der Waals surface area contributed by atoms with Gasteiger partial charge < -0.3 is 10.2 Å². The number of likely N-dealkylation sites (N-methyl/N-ethyl adjacent to an activating group) is 1. The highest BCUT2D eigenvalue weighted by atomic mass is 19.3. The number of fused-ring (bicyclic) bond motifs is 2. The van der Waals surface area contributed by atoms with Gasteiger partial charge >= 0.3 is 0 Å². The normalized spacial score (nSPS) is 17.4. The van der Waals surface area contributed by atoms with Crippen molar-refractivity contribution in [3.8, 4) is 11.1 Å². The van der Waals surface area contributed by atoms with Gasteiger partial charge in [-0.15, -0.1) is 0 Å². The number of aromatic nitrogens is 3. The highest BCUT2D eigenvalue weighted by Crippen LogP contribution is 2.42. The van der Waals surface area contributed by atoms with E-state index in [1.54, 1.807) is 37.2 Å². The van der Waals surface area contributed by atoms with Crippen LogP contribution in [0.4, 0.5) is 20.3 Å². The second-order valence-electron chi connectivity index (χ2n) is 8.45. The van der Waals surface area contributed by atoms with Gasteiger partial charge in [-0.25, -0.2) is 13.8 Å². The van der Waals surface area contributed by atoms with Gasteiger partial charge in [-0.2, -0.15) is 5.10 Å². The quantitative estimate of drug-likeness (QED) is 0.662. The number of carbonyl (C=O) groups excluding carboxylic acids is 1. The fourth-order valence-electron chi connectivity index (χ4n) is 4.90. The lowest BCUT2D eigenvalue weighted by atomic mass is 9.93. The number of carbonyl (C=O) groups is 1. The van der Waals surface area contributed by atoms with E-state index in [1.807, 2.05) is 23.1 Å². The molecule has 0 saturated heterocycles. The number of hydrogen-bond donors (Lipinski definition) is 1. The van der Waals surface area contributed by atoms with Gasteiger partial charge in [0.25, 0.3) is 6.43 Å². The number of rotatable bonds is 4. The molecule has 1 aliphatic carbocycles. The predicted molar refractivity (Wildman–Crippen MR) is 118 cm³/mol. The van der Waals surface area contributed by atoms with Crippen molar-refractivity contribution < 1.29 is 13.6 Å². The van der Waals surface area contributed by atoms with Crippen LogP contribution in [0, 0.1) is 0 Å². The first-order valence-corrected chi connectivity index (χ1v) is 10.9. The molecule has 6 nitrogen and oxygen atoms in total. The minimum absolute atomic E-state index is 0.00644. The number of amides is 1. The first-order valence-electron chi connectivity index (χ1n) is 10.9. The standard InChI is InChI=1S/C24H25F2N5O/c1-27-24(32)17-7-5-14-6-8-21(29-22(14)17)31-9-3-4-15-10-18(16-12-28-30(2)13-16)19(23(25)26)11-20(15)31/h6,8,10-13,17,23H,3-5,7,9H2,1-2H3,(H,27,32)/t17-/m1/s1. The van der Waals surface area contributed by atoms with E-state index in [1.165, 1.54) is 0 Å². The fourth-order valence-corrected chi connectivity index (χ4v) is 4.90. The SMILES string of the molecule is CNC(=O)[C@@H]1CCc2ccc(N3CCCc4cc(-c5cnn(C)c5)c(C(F)F)cc43)nc21. The Morgan fingerprint density at radius 3 is 2.78 bits per heavy atom. The Kier molecular flexibility index (Phi) is 5.15. The molecular formula is C24H25F2N5O. The van der Waals surface area contributed by atoms with Crippen LogP contribution in [0.3, 0.4) is 0 Å². The maximum Gasteiger partial charge on any atom is 0.264 e. The van der Waals surface area contributed by atoms with E-state index in [2.05, 4.69) is 10.4 Å². The molecule has 1 atom stereocenters. The van der Waals surface area contributed by atoms with Crippen molar-refractivity contribution in [2.24, 2.45) is 7.05 Å². The Balaban J connectivity index is 1.58. The minimum atomic E-state index is -2.61. The van der Waals surface area contributed by atoms with Gasteiger partial charge in [-0.05, 0) is 60.6 Å². The summed E-state index contributed by atoms with van der Waals surface area (Å²) >= 11 is 0. The number of nitrogens with zero attached hydrogens (tertiary/aromatic N) is 4. The van der Waals surface area contributed by atoms with Crippen LogP contribution in [0.25, 0.3) is 11.1 Å². The van der Waals surface area contributed by atoms with E-state index in [4.69, 9.17) is 4.98 Å².